The zero-order valence-electron chi connectivity index (χ0n) is 15.2. The maximum absolute atomic E-state index is 12.5. The lowest BCUT2D eigenvalue weighted by molar-refractivity contribution is -0.124. The summed E-state index contributed by atoms with van der Waals surface area (Å²) in [6.45, 7) is 1.05. The number of benzene rings is 1. The van der Waals surface area contributed by atoms with Gasteiger partial charge in [0.05, 0.1) is 0 Å². The first kappa shape index (κ1) is 22.1. The van der Waals surface area contributed by atoms with Gasteiger partial charge in [-0.1, -0.05) is 18.2 Å². The third-order valence-corrected chi connectivity index (χ3v) is 4.80. The number of rotatable bonds is 4. The number of pyridine rings is 1. The molecule has 0 unspecified atom stereocenters. The summed E-state index contributed by atoms with van der Waals surface area (Å²) in [5.74, 6) is 0.720. The number of nitrogens with zero attached hydrogens (tertiary/aromatic N) is 3. The summed E-state index contributed by atoms with van der Waals surface area (Å²) < 4.78 is 7.26. The van der Waals surface area contributed by atoms with E-state index in [1.54, 1.807) is 0 Å². The topological polar surface area (TPSA) is 94.5 Å². The molecule has 0 bridgehead atoms. The summed E-state index contributed by atoms with van der Waals surface area (Å²) in [6, 6.07) is 13.6. The molecule has 1 aliphatic heterocycles. The summed E-state index contributed by atoms with van der Waals surface area (Å²) in [5, 5.41) is 11.3. The number of aromatic nitrogens is 3. The van der Waals surface area contributed by atoms with E-state index in [1.807, 2.05) is 53.1 Å². The molecular weight excluding hydrogens is 401 g/mol. The average molecular weight is 424 g/mol. The highest BCUT2D eigenvalue weighted by molar-refractivity contribution is 5.98. The Hall–Kier alpha value is -2.19. The van der Waals surface area contributed by atoms with Crippen molar-refractivity contribution in [1.29, 1.82) is 0 Å². The zero-order chi connectivity index (χ0) is 18.0. The molecule has 28 heavy (non-hydrogen) atoms. The molecule has 1 aliphatic rings. The Morgan fingerprint density at radius 1 is 1.11 bits per heavy atom. The Kier molecular flexibility index (Phi) is 7.37. The van der Waals surface area contributed by atoms with Crippen molar-refractivity contribution < 1.29 is 9.53 Å². The van der Waals surface area contributed by atoms with Crippen LogP contribution in [0.1, 0.15) is 24.2 Å². The summed E-state index contributed by atoms with van der Waals surface area (Å²) in [5.41, 5.74) is 8.02. The van der Waals surface area contributed by atoms with Gasteiger partial charge in [-0.2, -0.15) is 0 Å². The van der Waals surface area contributed by atoms with Gasteiger partial charge in [0.15, 0.2) is 5.65 Å². The zero-order valence-corrected chi connectivity index (χ0v) is 16.8. The SMILES string of the molecule is Cl.Cl.NC1(C(=O)Nc2ccc(Cc3nnc4ccccn34)cc2)CCOCC1. The van der Waals surface area contributed by atoms with Crippen LogP contribution in [0.2, 0.25) is 0 Å². The standard InChI is InChI=1S/C19H21N5O2.2ClH/c20-19(8-11-26-12-9-19)18(25)21-15-6-4-14(5-7-15)13-17-23-22-16-3-1-2-10-24(16)17;;/h1-7,10H,8-9,11-13,20H2,(H,21,25);2*1H. The number of ether oxygens (including phenoxy) is 1. The average Bonchev–Trinajstić information content (AvgIpc) is 3.07. The first-order chi connectivity index (χ1) is 12.6. The van der Waals surface area contributed by atoms with Crippen molar-refractivity contribution in [3.8, 4) is 0 Å². The van der Waals surface area contributed by atoms with E-state index < -0.39 is 5.54 Å². The Labute approximate surface area is 175 Å². The van der Waals surface area contributed by atoms with Crippen molar-refractivity contribution in [3.05, 3.63) is 60.0 Å². The number of amides is 1. The van der Waals surface area contributed by atoms with Crippen LogP contribution >= 0.6 is 24.8 Å². The number of anilines is 1. The van der Waals surface area contributed by atoms with E-state index in [4.69, 9.17) is 10.5 Å². The Morgan fingerprint density at radius 3 is 2.54 bits per heavy atom. The van der Waals surface area contributed by atoms with E-state index >= 15 is 0 Å². The van der Waals surface area contributed by atoms with E-state index in [-0.39, 0.29) is 30.7 Å². The number of carbonyl (C=O) groups is 1. The molecule has 7 nitrogen and oxygen atoms in total. The van der Waals surface area contributed by atoms with Crippen molar-refractivity contribution in [2.24, 2.45) is 5.73 Å². The molecule has 1 amide bonds. The second-order valence-electron chi connectivity index (χ2n) is 6.64. The fraction of sp³-hybridized carbons (Fsp3) is 0.316. The minimum absolute atomic E-state index is 0. The van der Waals surface area contributed by atoms with Crippen LogP contribution in [0.4, 0.5) is 5.69 Å². The molecule has 9 heteroatoms. The maximum atomic E-state index is 12.5. The summed E-state index contributed by atoms with van der Waals surface area (Å²) >= 11 is 0. The van der Waals surface area contributed by atoms with Crippen LogP contribution in [-0.2, 0) is 16.0 Å². The van der Waals surface area contributed by atoms with Crippen LogP contribution in [0, 0.1) is 0 Å². The maximum Gasteiger partial charge on any atom is 0.244 e. The van der Waals surface area contributed by atoms with Gasteiger partial charge in [0, 0.05) is 31.5 Å². The van der Waals surface area contributed by atoms with Crippen LogP contribution < -0.4 is 11.1 Å². The van der Waals surface area contributed by atoms with E-state index in [1.165, 1.54) is 0 Å². The lowest BCUT2D eigenvalue weighted by Crippen LogP contribution is -2.54. The van der Waals surface area contributed by atoms with Gasteiger partial charge in [0.2, 0.25) is 5.91 Å². The highest BCUT2D eigenvalue weighted by Crippen LogP contribution is 2.21. The Bertz CT molecular complexity index is 923. The number of hydrogen-bond acceptors (Lipinski definition) is 5. The molecule has 3 aromatic rings. The molecule has 1 saturated heterocycles. The second-order valence-corrected chi connectivity index (χ2v) is 6.64. The van der Waals surface area contributed by atoms with Crippen molar-refractivity contribution in [1.82, 2.24) is 14.6 Å². The molecule has 0 radical (unpaired) electrons. The fourth-order valence-electron chi connectivity index (χ4n) is 3.12. The summed E-state index contributed by atoms with van der Waals surface area (Å²) in [7, 11) is 0. The quantitative estimate of drug-likeness (QED) is 0.672. The molecule has 0 spiro atoms. The second kappa shape index (κ2) is 9.34. The largest absolute Gasteiger partial charge is 0.381 e. The van der Waals surface area contributed by atoms with Crippen LogP contribution in [0.15, 0.2) is 48.7 Å². The minimum atomic E-state index is -0.850. The van der Waals surface area contributed by atoms with Crippen molar-refractivity contribution in [2.75, 3.05) is 18.5 Å². The van der Waals surface area contributed by atoms with Crippen LogP contribution in [-0.4, -0.2) is 39.3 Å². The molecule has 150 valence electrons. The lowest BCUT2D eigenvalue weighted by atomic mass is 9.90. The molecule has 0 aliphatic carbocycles. The smallest absolute Gasteiger partial charge is 0.244 e. The molecule has 3 N–H and O–H groups in total. The molecule has 1 fully saturated rings. The van der Waals surface area contributed by atoms with Crippen LogP contribution in [0.5, 0.6) is 0 Å². The van der Waals surface area contributed by atoms with E-state index in [0.717, 1.165) is 22.7 Å². The lowest BCUT2D eigenvalue weighted by Gasteiger charge is -2.31. The van der Waals surface area contributed by atoms with Gasteiger partial charge >= 0.3 is 0 Å². The van der Waals surface area contributed by atoms with Gasteiger partial charge in [-0.05, 0) is 42.7 Å². The van der Waals surface area contributed by atoms with Crippen LogP contribution in [0.25, 0.3) is 5.65 Å². The predicted molar refractivity (Wildman–Crippen MR) is 112 cm³/mol. The third kappa shape index (κ3) is 4.62. The van der Waals surface area contributed by atoms with Gasteiger partial charge < -0.3 is 15.8 Å². The van der Waals surface area contributed by atoms with Gasteiger partial charge in [-0.25, -0.2) is 0 Å². The summed E-state index contributed by atoms with van der Waals surface area (Å²) in [6.07, 6.45) is 3.69. The minimum Gasteiger partial charge on any atom is -0.381 e. The normalized spacial score (nSPS) is 15.3. The van der Waals surface area contributed by atoms with Gasteiger partial charge in [0.1, 0.15) is 11.4 Å². The highest BCUT2D eigenvalue weighted by Gasteiger charge is 2.35. The molecular formula is C19H23Cl2N5O2. The summed E-state index contributed by atoms with van der Waals surface area (Å²) in [4.78, 5) is 12.5. The van der Waals surface area contributed by atoms with Crippen LogP contribution in [0.3, 0.4) is 0 Å². The molecule has 1 aromatic carbocycles. The monoisotopic (exact) mass is 423 g/mol. The van der Waals surface area contributed by atoms with Gasteiger partial charge in [-0.3, -0.25) is 9.20 Å². The molecule has 2 aromatic heterocycles. The third-order valence-electron chi connectivity index (χ3n) is 4.80. The van der Waals surface area contributed by atoms with Crippen molar-refractivity contribution in [2.45, 2.75) is 24.8 Å². The molecule has 3 heterocycles. The first-order valence-corrected chi connectivity index (χ1v) is 8.70. The Balaban J connectivity index is 0.00000140. The van der Waals surface area contributed by atoms with E-state index in [2.05, 4.69) is 15.5 Å². The van der Waals surface area contributed by atoms with Crippen molar-refractivity contribution in [3.63, 3.8) is 0 Å². The Morgan fingerprint density at radius 2 is 1.82 bits per heavy atom. The van der Waals surface area contributed by atoms with E-state index in [9.17, 15) is 4.79 Å². The first-order valence-electron chi connectivity index (χ1n) is 8.70. The number of carbonyl (C=O) groups excluding carboxylic acids is 1. The van der Waals surface area contributed by atoms with E-state index in [0.29, 0.717) is 32.5 Å². The van der Waals surface area contributed by atoms with Gasteiger partial charge in [-0.15, -0.1) is 35.0 Å². The fourth-order valence-corrected chi connectivity index (χ4v) is 3.12. The number of nitrogens with two attached hydrogens (primary N) is 1. The number of halogens is 2. The predicted octanol–water partition coefficient (Wildman–Crippen LogP) is 2.61. The molecule has 0 saturated carbocycles. The van der Waals surface area contributed by atoms with Crippen molar-refractivity contribution >= 4 is 42.1 Å². The highest BCUT2D eigenvalue weighted by atomic mass is 35.5. The number of hydrogen-bond donors (Lipinski definition) is 2. The van der Waals surface area contributed by atoms with Gasteiger partial charge in [0.25, 0.3) is 0 Å². The number of nitrogens with one attached hydrogen (secondary N) is 1. The molecule has 0 atom stereocenters. The molecule has 4 rings (SSSR count). The number of fused-ring (bicyclic) bond motifs is 1.